The largest absolute Gasteiger partial charge is 0.348 e. The minimum Gasteiger partial charge on any atom is -0.348 e. The second-order valence-corrected chi connectivity index (χ2v) is 5.73. The molecular formula is C17H15ClN4O3. The predicted molar refractivity (Wildman–Crippen MR) is 95.6 cm³/mol. The quantitative estimate of drug-likeness (QED) is 0.609. The molecule has 2 heterocycles. The number of benzene rings is 1. The van der Waals surface area contributed by atoms with Crippen molar-refractivity contribution in [2.75, 3.05) is 12.6 Å². The van der Waals surface area contributed by atoms with Gasteiger partial charge in [-0.15, -0.1) is 0 Å². The van der Waals surface area contributed by atoms with E-state index < -0.39 is 11.5 Å². The van der Waals surface area contributed by atoms with Gasteiger partial charge in [-0.05, 0) is 29.8 Å². The summed E-state index contributed by atoms with van der Waals surface area (Å²) in [4.78, 5) is 36.0. The van der Waals surface area contributed by atoms with Crippen molar-refractivity contribution in [1.29, 1.82) is 0 Å². The maximum Gasteiger partial charge on any atom is 0.262 e. The first-order valence-electron chi connectivity index (χ1n) is 7.41. The molecule has 0 saturated heterocycles. The van der Waals surface area contributed by atoms with Gasteiger partial charge in [0, 0.05) is 17.0 Å². The monoisotopic (exact) mass is 358 g/mol. The Balaban J connectivity index is 1.83. The molecule has 0 saturated carbocycles. The van der Waals surface area contributed by atoms with E-state index in [1.54, 1.807) is 30.3 Å². The van der Waals surface area contributed by atoms with E-state index >= 15 is 0 Å². The topological polar surface area (TPSA) is 96.1 Å². The number of aromatic nitrogens is 2. The molecule has 0 unspecified atom stereocenters. The van der Waals surface area contributed by atoms with Crippen molar-refractivity contribution in [2.24, 2.45) is 0 Å². The number of fused-ring (bicyclic) bond motifs is 1. The van der Waals surface area contributed by atoms with Crippen LogP contribution in [-0.4, -0.2) is 23.0 Å². The minimum atomic E-state index is -0.499. The molecule has 3 rings (SSSR count). The Morgan fingerprint density at radius 1 is 1.28 bits per heavy atom. The Kier molecular flexibility index (Phi) is 4.97. The zero-order valence-corrected chi connectivity index (χ0v) is 14.1. The summed E-state index contributed by atoms with van der Waals surface area (Å²) in [5.41, 5.74) is 4.03. The van der Waals surface area contributed by atoms with E-state index in [1.165, 1.54) is 19.4 Å². The number of rotatable bonds is 5. The fourth-order valence-electron chi connectivity index (χ4n) is 2.31. The molecule has 0 aliphatic heterocycles. The first kappa shape index (κ1) is 16.9. The number of hydrogen-bond acceptors (Lipinski definition) is 5. The van der Waals surface area contributed by atoms with Crippen molar-refractivity contribution >= 4 is 34.2 Å². The van der Waals surface area contributed by atoms with Crippen molar-refractivity contribution in [3.63, 3.8) is 0 Å². The van der Waals surface area contributed by atoms with Gasteiger partial charge in [-0.2, -0.15) is 0 Å². The molecule has 128 valence electrons. The van der Waals surface area contributed by atoms with E-state index in [2.05, 4.69) is 20.8 Å². The van der Waals surface area contributed by atoms with Gasteiger partial charge >= 0.3 is 0 Å². The molecule has 0 spiro atoms. The van der Waals surface area contributed by atoms with Crippen LogP contribution in [0.5, 0.6) is 0 Å². The second kappa shape index (κ2) is 7.33. The van der Waals surface area contributed by atoms with Gasteiger partial charge in [0.2, 0.25) is 0 Å². The molecular weight excluding hydrogens is 344 g/mol. The highest BCUT2D eigenvalue weighted by Crippen LogP contribution is 2.15. The highest BCUT2D eigenvalue weighted by atomic mass is 35.5. The zero-order valence-electron chi connectivity index (χ0n) is 13.3. The third-order valence-corrected chi connectivity index (χ3v) is 3.78. The lowest BCUT2D eigenvalue weighted by Crippen LogP contribution is -2.29. The third-order valence-electron chi connectivity index (χ3n) is 3.52. The maximum absolute atomic E-state index is 12.3. The molecule has 0 aliphatic rings. The van der Waals surface area contributed by atoms with Crippen molar-refractivity contribution in [3.05, 3.63) is 69.1 Å². The van der Waals surface area contributed by atoms with Crippen LogP contribution in [0.25, 0.3) is 11.0 Å². The van der Waals surface area contributed by atoms with Gasteiger partial charge in [0.15, 0.2) is 0 Å². The molecule has 0 atom stereocenters. The summed E-state index contributed by atoms with van der Waals surface area (Å²) in [7, 11) is 1.48. The number of hydrogen-bond donors (Lipinski definition) is 3. The Bertz CT molecular complexity index is 970. The van der Waals surface area contributed by atoms with Crippen LogP contribution in [0.3, 0.4) is 0 Å². The number of H-pyrrole nitrogens is 1. The van der Waals surface area contributed by atoms with Crippen LogP contribution < -0.4 is 16.4 Å². The van der Waals surface area contributed by atoms with Gasteiger partial charge in [0.05, 0.1) is 19.0 Å². The highest BCUT2D eigenvalue weighted by Gasteiger charge is 2.12. The van der Waals surface area contributed by atoms with E-state index in [4.69, 9.17) is 16.4 Å². The number of amides is 1. The summed E-state index contributed by atoms with van der Waals surface area (Å²) in [6.45, 7) is 0.289. The summed E-state index contributed by atoms with van der Waals surface area (Å²) in [6, 6.07) is 10.3. The van der Waals surface area contributed by atoms with E-state index in [1.807, 2.05) is 0 Å². The summed E-state index contributed by atoms with van der Waals surface area (Å²) in [5, 5.41) is 3.95. The van der Waals surface area contributed by atoms with Gasteiger partial charge in [0.25, 0.3) is 11.5 Å². The molecule has 3 aromatic rings. The molecule has 0 radical (unpaired) electrons. The van der Waals surface area contributed by atoms with E-state index in [0.29, 0.717) is 21.7 Å². The number of carbonyl (C=O) groups excluding carboxylic acids is 1. The Morgan fingerprint density at radius 3 is 2.76 bits per heavy atom. The van der Waals surface area contributed by atoms with E-state index in [-0.39, 0.29) is 12.1 Å². The molecule has 1 aromatic carbocycles. The lowest BCUT2D eigenvalue weighted by atomic mass is 10.2. The van der Waals surface area contributed by atoms with Crippen LogP contribution in [-0.2, 0) is 11.4 Å². The number of nitrogens with one attached hydrogen (secondary N) is 3. The predicted octanol–water partition coefficient (Wildman–Crippen LogP) is 2.48. The van der Waals surface area contributed by atoms with Crippen molar-refractivity contribution in [1.82, 2.24) is 15.3 Å². The summed E-state index contributed by atoms with van der Waals surface area (Å²) >= 11 is 5.83. The first-order valence-corrected chi connectivity index (χ1v) is 7.79. The molecule has 3 N–H and O–H groups in total. The number of nitrogens with zero attached hydrogens (tertiary/aromatic N) is 1. The van der Waals surface area contributed by atoms with Crippen LogP contribution in [0.4, 0.5) is 5.69 Å². The summed E-state index contributed by atoms with van der Waals surface area (Å²) in [5.74, 6) is -0.469. The van der Waals surface area contributed by atoms with Crippen LogP contribution in [0.15, 0.2) is 47.4 Å². The van der Waals surface area contributed by atoms with Gasteiger partial charge < -0.3 is 10.3 Å². The van der Waals surface area contributed by atoms with Crippen LogP contribution >= 0.6 is 11.6 Å². The van der Waals surface area contributed by atoms with Crippen molar-refractivity contribution in [3.8, 4) is 0 Å². The average molecular weight is 359 g/mol. The van der Waals surface area contributed by atoms with Crippen molar-refractivity contribution < 1.29 is 9.63 Å². The average Bonchev–Trinajstić information content (AvgIpc) is 2.61. The van der Waals surface area contributed by atoms with Crippen molar-refractivity contribution in [2.45, 2.75) is 6.54 Å². The van der Waals surface area contributed by atoms with E-state index in [9.17, 15) is 9.59 Å². The minimum absolute atomic E-state index is 0.0119. The zero-order chi connectivity index (χ0) is 17.8. The molecule has 2 aromatic heterocycles. The number of aromatic amines is 1. The SMILES string of the molecule is CONc1cnc2[nH]c(=O)c(C(=O)NCc3ccc(Cl)cc3)cc2c1. The number of carbonyl (C=O) groups is 1. The molecule has 0 bridgehead atoms. The van der Waals surface area contributed by atoms with Gasteiger partial charge in [-0.3, -0.25) is 19.9 Å². The van der Waals surface area contributed by atoms with Gasteiger partial charge in [-0.25, -0.2) is 4.98 Å². The van der Waals surface area contributed by atoms with E-state index in [0.717, 1.165) is 5.56 Å². The normalized spacial score (nSPS) is 10.6. The Morgan fingerprint density at radius 2 is 2.04 bits per heavy atom. The molecule has 25 heavy (non-hydrogen) atoms. The summed E-state index contributed by atoms with van der Waals surface area (Å²) < 4.78 is 0. The molecule has 8 heteroatoms. The Hall–Kier alpha value is -2.90. The number of halogens is 1. The van der Waals surface area contributed by atoms with Crippen LogP contribution in [0.1, 0.15) is 15.9 Å². The molecule has 0 aliphatic carbocycles. The molecule has 0 fully saturated rings. The fourth-order valence-corrected chi connectivity index (χ4v) is 2.44. The Labute approximate surface area is 147 Å². The smallest absolute Gasteiger partial charge is 0.262 e. The third kappa shape index (κ3) is 3.96. The first-order chi connectivity index (χ1) is 12.1. The number of pyridine rings is 2. The van der Waals surface area contributed by atoms with Crippen LogP contribution in [0, 0.1) is 0 Å². The fraction of sp³-hybridized carbons (Fsp3) is 0.118. The highest BCUT2D eigenvalue weighted by molar-refractivity contribution is 6.30. The lowest BCUT2D eigenvalue weighted by Gasteiger charge is -2.07. The standard InChI is InChI=1S/C17H15ClN4O3/c1-25-22-13-6-11-7-14(17(24)21-15(11)19-9-13)16(23)20-8-10-2-4-12(18)5-3-10/h2-7,9,22H,8H2,1H3,(H,20,23)(H,19,21,24). The second-order valence-electron chi connectivity index (χ2n) is 5.29. The maximum atomic E-state index is 12.3. The molecule has 7 nitrogen and oxygen atoms in total. The number of anilines is 1. The van der Waals surface area contributed by atoms with Gasteiger partial charge in [0.1, 0.15) is 11.2 Å². The lowest BCUT2D eigenvalue weighted by molar-refractivity contribution is 0.0949. The summed E-state index contributed by atoms with van der Waals surface area (Å²) in [6.07, 6.45) is 1.52. The van der Waals surface area contributed by atoms with Crippen LogP contribution in [0.2, 0.25) is 5.02 Å². The molecule has 1 amide bonds. The van der Waals surface area contributed by atoms with Gasteiger partial charge in [-0.1, -0.05) is 23.7 Å².